The van der Waals surface area contributed by atoms with Crippen LogP contribution in [0.2, 0.25) is 0 Å². The molecule has 3 atom stereocenters. The zero-order valence-electron chi connectivity index (χ0n) is 27.0. The van der Waals surface area contributed by atoms with E-state index >= 15 is 0 Å². The molecule has 1 heterocycles. The molecule has 2 aromatic rings. The lowest BCUT2D eigenvalue weighted by Gasteiger charge is -2.35. The summed E-state index contributed by atoms with van der Waals surface area (Å²) in [6.07, 6.45) is 15.7. The molecule has 1 aliphatic heterocycles. The fourth-order valence-corrected chi connectivity index (χ4v) is 4.64. The van der Waals surface area contributed by atoms with Crippen molar-refractivity contribution in [3.05, 3.63) is 71.3 Å². The Morgan fingerprint density at radius 1 is 1.00 bits per heavy atom. The van der Waals surface area contributed by atoms with Crippen LogP contribution in [0.5, 0.6) is 0 Å². The Labute approximate surface area is 274 Å². The topological polar surface area (TPSA) is 99.6 Å². The van der Waals surface area contributed by atoms with Crippen molar-refractivity contribution < 1.29 is 41.0 Å². The minimum atomic E-state index is -4.65. The van der Waals surface area contributed by atoms with Gasteiger partial charge in [0.25, 0.3) is 0 Å². The number of benzene rings is 2. The third-order valence-electron chi connectivity index (χ3n) is 6.73. The lowest BCUT2D eigenvalue weighted by molar-refractivity contribution is -0.138. The third kappa shape index (κ3) is 13.2. The van der Waals surface area contributed by atoms with Crippen molar-refractivity contribution in [2.24, 2.45) is 17.6 Å². The number of anilines is 1. The first-order valence-corrected chi connectivity index (χ1v) is 13.6. The first-order valence-electron chi connectivity index (χ1n) is 13.6. The molecule has 2 aromatic carbocycles. The normalized spacial score (nSPS) is 16.1. The van der Waals surface area contributed by atoms with E-state index in [0.717, 1.165) is 31.4 Å². The average molecular weight is 666 g/mol. The number of amides is 1. The van der Waals surface area contributed by atoms with Gasteiger partial charge in [-0.25, -0.2) is 0 Å². The number of nitrogens with zero attached hydrogens (tertiary/aromatic N) is 2. The lowest BCUT2D eigenvalue weighted by Crippen LogP contribution is -2.44. The molecular weight excluding hydrogens is 624 g/mol. The van der Waals surface area contributed by atoms with Crippen LogP contribution in [0.15, 0.2) is 49.0 Å². The van der Waals surface area contributed by atoms with Crippen molar-refractivity contribution in [3.8, 4) is 44.6 Å². The summed E-state index contributed by atoms with van der Waals surface area (Å²) in [7, 11) is 1.00. The van der Waals surface area contributed by atoms with Crippen LogP contribution in [0.1, 0.15) is 56.4 Å². The van der Waals surface area contributed by atoms with Crippen LogP contribution >= 0.6 is 0 Å². The highest BCUT2D eigenvalue weighted by molar-refractivity contribution is 5.98. The van der Waals surface area contributed by atoms with Gasteiger partial charge in [0.15, 0.2) is 0 Å². The number of terminal acetylenes is 3. The highest BCUT2D eigenvalue weighted by Crippen LogP contribution is 2.41. The third-order valence-corrected chi connectivity index (χ3v) is 6.73. The second kappa shape index (κ2) is 21.8. The van der Waals surface area contributed by atoms with E-state index in [0.29, 0.717) is 25.1 Å². The zero-order valence-corrected chi connectivity index (χ0v) is 27.0. The van der Waals surface area contributed by atoms with Crippen LogP contribution in [-0.4, -0.2) is 36.9 Å². The Morgan fingerprint density at radius 3 is 1.85 bits per heavy atom. The molecule has 6 nitrogen and oxygen atoms in total. The molecule has 0 aliphatic carbocycles. The van der Waals surface area contributed by atoms with Crippen LogP contribution in [0.4, 0.5) is 32.0 Å². The van der Waals surface area contributed by atoms with Gasteiger partial charge in [-0.3, -0.25) is 4.79 Å². The van der Waals surface area contributed by atoms with E-state index in [1.807, 2.05) is 27.7 Å². The van der Waals surface area contributed by atoms with Gasteiger partial charge in [-0.15, -0.1) is 38.5 Å². The summed E-state index contributed by atoms with van der Waals surface area (Å²) in [6, 6.07) is 9.50. The van der Waals surface area contributed by atoms with Crippen molar-refractivity contribution in [1.82, 2.24) is 0 Å². The molecule has 0 radical (unpaired) electrons. The number of alkyl halides is 6. The van der Waals surface area contributed by atoms with E-state index in [4.69, 9.17) is 20.8 Å². The summed E-state index contributed by atoms with van der Waals surface area (Å²) in [5.74, 6) is -0.741. The van der Waals surface area contributed by atoms with Crippen molar-refractivity contribution in [1.29, 1.82) is 5.26 Å². The Kier molecular flexibility index (Phi) is 21.6. The Bertz CT molecular complexity index is 1340. The standard InChI is InChI=1S/C19H23F3N2O2.C9H8F3N.3C2H2.CH4O/c1-5-18(4,26-6-2)16-12(3)11-24(17(16)25)14-8-7-13(10-23)15(9-14)19(20,21)22;1-6(13)7-2-4-8(5-3-7)9(10,11)12;4*1-2/h7-9,12,16H,5-6,11H2,1-4H3;2-5H,1,13H2;3*1-2H;2H,1H3. The van der Waals surface area contributed by atoms with Crippen LogP contribution in [-0.2, 0) is 21.9 Å². The highest BCUT2D eigenvalue weighted by Gasteiger charge is 2.49. The van der Waals surface area contributed by atoms with E-state index < -0.39 is 40.6 Å². The van der Waals surface area contributed by atoms with Crippen molar-refractivity contribution >= 4 is 17.3 Å². The summed E-state index contributed by atoms with van der Waals surface area (Å²) in [6.45, 7) is 11.7. The quantitative estimate of drug-likeness (QED) is 0.248. The number of nitrogens with two attached hydrogens (primary N) is 1. The minimum absolute atomic E-state index is 0.0658. The summed E-state index contributed by atoms with van der Waals surface area (Å²) in [5, 5.41) is 15.9. The van der Waals surface area contributed by atoms with E-state index in [2.05, 4.69) is 45.1 Å². The second-order valence-corrected chi connectivity index (χ2v) is 9.44. The Balaban J connectivity index is -0.000000773. The maximum absolute atomic E-state index is 13.2. The van der Waals surface area contributed by atoms with E-state index in [1.165, 1.54) is 23.1 Å². The SMILES string of the molecule is C#C.C#C.C#C.C=C(N)c1ccc(C(F)(F)F)cc1.CCOC(C)(CC)C1C(=O)N(c2ccc(C#N)c(C(F)(F)F)c2)CC1C.CO. The molecule has 0 aromatic heterocycles. The fourth-order valence-electron chi connectivity index (χ4n) is 4.64. The highest BCUT2D eigenvalue weighted by atomic mass is 19.4. The van der Waals surface area contributed by atoms with Crippen LogP contribution < -0.4 is 10.6 Å². The van der Waals surface area contributed by atoms with Gasteiger partial charge in [0.1, 0.15) is 0 Å². The maximum Gasteiger partial charge on any atom is 0.417 e. The largest absolute Gasteiger partial charge is 0.417 e. The first-order chi connectivity index (χ1) is 22.0. The molecule has 12 heteroatoms. The zero-order chi connectivity index (χ0) is 37.8. The molecule has 0 spiro atoms. The van der Waals surface area contributed by atoms with Crippen LogP contribution in [0.3, 0.4) is 0 Å². The number of rotatable bonds is 6. The predicted octanol–water partition coefficient (Wildman–Crippen LogP) is 7.37. The van der Waals surface area contributed by atoms with Crippen LogP contribution in [0, 0.1) is 61.7 Å². The Morgan fingerprint density at radius 2 is 1.49 bits per heavy atom. The molecule has 3 rings (SSSR count). The van der Waals surface area contributed by atoms with Crippen molar-refractivity contribution in [3.63, 3.8) is 0 Å². The van der Waals surface area contributed by atoms with Crippen LogP contribution in [0.25, 0.3) is 5.70 Å². The number of aliphatic hydroxyl groups is 1. The van der Waals surface area contributed by atoms with Gasteiger partial charge >= 0.3 is 12.4 Å². The molecule has 256 valence electrons. The number of carbonyl (C=O) groups is 1. The first kappa shape index (κ1) is 46.5. The summed E-state index contributed by atoms with van der Waals surface area (Å²) < 4.78 is 81.7. The molecule has 1 fully saturated rings. The maximum atomic E-state index is 13.2. The molecule has 3 N–H and O–H groups in total. The van der Waals surface area contributed by atoms with Gasteiger partial charge in [-0.2, -0.15) is 31.6 Å². The van der Waals surface area contributed by atoms with Gasteiger partial charge in [0.05, 0.1) is 34.3 Å². The lowest BCUT2D eigenvalue weighted by atomic mass is 9.80. The number of ether oxygens (including phenoxy) is 1. The van der Waals surface area contributed by atoms with Crippen molar-refractivity contribution in [2.75, 3.05) is 25.2 Å². The van der Waals surface area contributed by atoms with Gasteiger partial charge < -0.3 is 20.5 Å². The predicted molar refractivity (Wildman–Crippen MR) is 174 cm³/mol. The van der Waals surface area contributed by atoms with E-state index in [9.17, 15) is 31.1 Å². The smallest absolute Gasteiger partial charge is 0.400 e. The molecule has 1 saturated heterocycles. The number of aliphatic hydroxyl groups excluding tert-OH is 1. The molecule has 0 bridgehead atoms. The van der Waals surface area contributed by atoms with Gasteiger partial charge in [0.2, 0.25) is 5.91 Å². The summed E-state index contributed by atoms with van der Waals surface area (Å²) in [5.41, 5.74) is 3.39. The molecular formula is C35H41F6N3O3. The van der Waals surface area contributed by atoms with E-state index in [1.54, 1.807) is 6.07 Å². The van der Waals surface area contributed by atoms with Crippen molar-refractivity contribution in [2.45, 2.75) is 52.1 Å². The summed E-state index contributed by atoms with van der Waals surface area (Å²) in [4.78, 5) is 14.4. The van der Waals surface area contributed by atoms with Gasteiger partial charge in [-0.05, 0) is 62.1 Å². The molecule has 1 amide bonds. The molecule has 0 saturated carbocycles. The number of carbonyl (C=O) groups excluding carboxylic acids is 1. The monoisotopic (exact) mass is 665 g/mol. The fraction of sp³-hybridized carbons (Fsp3) is 0.371. The number of nitriles is 1. The number of hydrogen-bond donors (Lipinski definition) is 2. The van der Waals surface area contributed by atoms with Gasteiger partial charge in [0, 0.05) is 31.6 Å². The molecule has 47 heavy (non-hydrogen) atoms. The Hall–Kier alpha value is -4.88. The average Bonchev–Trinajstić information content (AvgIpc) is 3.37. The summed E-state index contributed by atoms with van der Waals surface area (Å²) >= 11 is 0. The minimum Gasteiger partial charge on any atom is -0.400 e. The van der Waals surface area contributed by atoms with Gasteiger partial charge in [-0.1, -0.05) is 32.6 Å². The molecule has 1 aliphatic rings. The number of halogens is 6. The second-order valence-electron chi connectivity index (χ2n) is 9.44. The van der Waals surface area contributed by atoms with E-state index in [-0.39, 0.29) is 23.2 Å². The number of hydrogen-bond acceptors (Lipinski definition) is 5. The molecule has 3 unspecified atom stereocenters.